The van der Waals surface area contributed by atoms with E-state index in [1.807, 2.05) is 60.7 Å². The Kier molecular flexibility index (Phi) is 6.08. The number of anilines is 1. The Morgan fingerprint density at radius 1 is 1.00 bits per heavy atom. The number of nitrogens with one attached hydrogen (secondary N) is 2. The zero-order valence-corrected chi connectivity index (χ0v) is 17.3. The second-order valence-corrected chi connectivity index (χ2v) is 7.41. The molecule has 2 heterocycles. The number of H-pyrrole nitrogens is 1. The first-order valence-electron chi connectivity index (χ1n) is 10.3. The lowest BCUT2D eigenvalue weighted by Gasteiger charge is -2.23. The highest BCUT2D eigenvalue weighted by molar-refractivity contribution is 5.89. The molecule has 156 valence electrons. The summed E-state index contributed by atoms with van der Waals surface area (Å²) >= 11 is 0. The number of aromatic nitrogens is 2. The van der Waals surface area contributed by atoms with E-state index in [9.17, 15) is 9.59 Å². The molecule has 4 rings (SSSR count). The quantitative estimate of drug-likeness (QED) is 0.481. The van der Waals surface area contributed by atoms with Crippen molar-refractivity contribution in [1.29, 1.82) is 0 Å². The third kappa shape index (κ3) is 4.98. The molecule has 0 spiro atoms. The fourth-order valence-corrected chi connectivity index (χ4v) is 3.48. The van der Waals surface area contributed by atoms with Crippen LogP contribution in [-0.2, 0) is 19.5 Å². The lowest BCUT2D eigenvalue weighted by Crippen LogP contribution is -2.35. The van der Waals surface area contributed by atoms with Crippen LogP contribution in [0.4, 0.5) is 10.5 Å². The van der Waals surface area contributed by atoms with E-state index in [-0.39, 0.29) is 18.1 Å². The molecule has 4 aromatic rings. The Balaban J connectivity index is 1.65. The molecule has 2 aromatic heterocycles. The number of benzene rings is 2. The third-order valence-corrected chi connectivity index (χ3v) is 5.16. The van der Waals surface area contributed by atoms with Gasteiger partial charge in [0.05, 0.1) is 6.54 Å². The lowest BCUT2D eigenvalue weighted by molar-refractivity contribution is 0.206. The average Bonchev–Trinajstić information content (AvgIpc) is 2.80. The van der Waals surface area contributed by atoms with E-state index in [4.69, 9.17) is 0 Å². The summed E-state index contributed by atoms with van der Waals surface area (Å²) in [4.78, 5) is 34.5. The van der Waals surface area contributed by atoms with Crippen LogP contribution in [0.1, 0.15) is 23.6 Å². The van der Waals surface area contributed by atoms with Gasteiger partial charge in [-0.05, 0) is 59.3 Å². The molecule has 2 aromatic carbocycles. The summed E-state index contributed by atoms with van der Waals surface area (Å²) in [6, 6.07) is 20.6. The van der Waals surface area contributed by atoms with E-state index in [1.165, 1.54) is 5.56 Å². The Bertz CT molecular complexity index is 1240. The Morgan fingerprint density at radius 3 is 2.58 bits per heavy atom. The topological polar surface area (TPSA) is 78.1 Å². The molecular weight excluding hydrogens is 388 g/mol. The SMILES string of the molecule is CCc1ccc2[nH]c(=O)c(CN(Cc3cccnc3)C(=O)Nc3ccccc3)cc2c1. The van der Waals surface area contributed by atoms with Gasteiger partial charge < -0.3 is 15.2 Å². The van der Waals surface area contributed by atoms with Crippen molar-refractivity contribution in [3.63, 3.8) is 0 Å². The Hall–Kier alpha value is -3.93. The van der Waals surface area contributed by atoms with E-state index in [0.717, 1.165) is 22.9 Å². The number of fused-ring (bicyclic) bond motifs is 1. The number of aromatic amines is 1. The van der Waals surface area contributed by atoms with Gasteiger partial charge in [-0.1, -0.05) is 37.3 Å². The molecule has 0 fully saturated rings. The van der Waals surface area contributed by atoms with Crippen LogP contribution in [0.3, 0.4) is 0 Å². The molecular formula is C25H24N4O2. The van der Waals surface area contributed by atoms with Crippen LogP contribution in [0.2, 0.25) is 0 Å². The molecule has 0 atom stereocenters. The van der Waals surface area contributed by atoms with Crippen LogP contribution in [0.5, 0.6) is 0 Å². The average molecular weight is 412 g/mol. The van der Waals surface area contributed by atoms with Crippen LogP contribution >= 0.6 is 0 Å². The number of pyridine rings is 2. The molecule has 0 bridgehead atoms. The van der Waals surface area contributed by atoms with Crippen molar-refractivity contribution < 1.29 is 4.79 Å². The molecule has 0 saturated heterocycles. The summed E-state index contributed by atoms with van der Waals surface area (Å²) in [5.41, 5.74) is 3.91. The van der Waals surface area contributed by atoms with Crippen molar-refractivity contribution in [2.45, 2.75) is 26.4 Å². The minimum atomic E-state index is -0.281. The fourth-order valence-electron chi connectivity index (χ4n) is 3.48. The summed E-state index contributed by atoms with van der Waals surface area (Å²) in [7, 11) is 0. The lowest BCUT2D eigenvalue weighted by atomic mass is 10.1. The Morgan fingerprint density at radius 2 is 1.84 bits per heavy atom. The summed E-state index contributed by atoms with van der Waals surface area (Å²) in [6.07, 6.45) is 4.33. The largest absolute Gasteiger partial charge is 0.322 e. The molecule has 0 aliphatic carbocycles. The smallest absolute Gasteiger partial charge is 0.322 e. The summed E-state index contributed by atoms with van der Waals surface area (Å²) in [5.74, 6) is 0. The summed E-state index contributed by atoms with van der Waals surface area (Å²) < 4.78 is 0. The first-order valence-corrected chi connectivity index (χ1v) is 10.3. The molecule has 2 N–H and O–H groups in total. The number of para-hydroxylation sites is 1. The fraction of sp³-hybridized carbons (Fsp3) is 0.160. The first-order chi connectivity index (χ1) is 15.1. The van der Waals surface area contributed by atoms with Crippen LogP contribution in [0.15, 0.2) is 83.9 Å². The van der Waals surface area contributed by atoms with Gasteiger partial charge in [-0.15, -0.1) is 0 Å². The highest BCUT2D eigenvalue weighted by Crippen LogP contribution is 2.17. The van der Waals surface area contributed by atoms with Crippen LogP contribution in [0, 0.1) is 0 Å². The standard InChI is InChI=1S/C25H24N4O2/c1-2-18-10-11-23-20(13-18)14-21(24(30)28-23)17-29(16-19-7-6-12-26-15-19)25(31)27-22-8-4-3-5-9-22/h3-15H,2,16-17H2,1H3,(H,27,31)(H,28,30). The zero-order chi connectivity index (χ0) is 21.6. The molecule has 0 aliphatic rings. The zero-order valence-electron chi connectivity index (χ0n) is 17.3. The summed E-state index contributed by atoms with van der Waals surface area (Å²) in [6.45, 7) is 2.60. The van der Waals surface area contributed by atoms with Crippen LogP contribution < -0.4 is 10.9 Å². The van der Waals surface area contributed by atoms with Gasteiger partial charge in [-0.2, -0.15) is 0 Å². The highest BCUT2D eigenvalue weighted by Gasteiger charge is 2.17. The van der Waals surface area contributed by atoms with E-state index >= 15 is 0 Å². The van der Waals surface area contributed by atoms with E-state index < -0.39 is 0 Å². The van der Waals surface area contributed by atoms with E-state index in [0.29, 0.717) is 17.8 Å². The van der Waals surface area contributed by atoms with Gasteiger partial charge in [0.25, 0.3) is 5.56 Å². The predicted octanol–water partition coefficient (Wildman–Crippen LogP) is 4.72. The maximum absolute atomic E-state index is 13.1. The number of rotatable bonds is 6. The van der Waals surface area contributed by atoms with Gasteiger partial charge in [0.15, 0.2) is 0 Å². The maximum Gasteiger partial charge on any atom is 0.322 e. The number of aryl methyl sites for hydroxylation is 1. The van der Waals surface area contributed by atoms with Crippen molar-refractivity contribution in [2.24, 2.45) is 0 Å². The van der Waals surface area contributed by atoms with E-state index in [1.54, 1.807) is 17.3 Å². The molecule has 2 amide bonds. The van der Waals surface area contributed by atoms with Gasteiger partial charge in [-0.25, -0.2) is 4.79 Å². The van der Waals surface area contributed by atoms with Gasteiger partial charge in [0, 0.05) is 35.7 Å². The van der Waals surface area contributed by atoms with Gasteiger partial charge in [-0.3, -0.25) is 9.78 Å². The second kappa shape index (κ2) is 9.26. The van der Waals surface area contributed by atoms with Crippen molar-refractivity contribution in [2.75, 3.05) is 5.32 Å². The van der Waals surface area contributed by atoms with Crippen molar-refractivity contribution in [3.8, 4) is 0 Å². The number of urea groups is 1. The predicted molar refractivity (Wildman–Crippen MR) is 123 cm³/mol. The summed E-state index contributed by atoms with van der Waals surface area (Å²) in [5, 5.41) is 3.87. The maximum atomic E-state index is 13.1. The number of hydrogen-bond acceptors (Lipinski definition) is 3. The molecule has 0 saturated carbocycles. The number of amides is 2. The molecule has 0 aliphatic heterocycles. The number of carbonyl (C=O) groups is 1. The molecule has 6 nitrogen and oxygen atoms in total. The van der Waals surface area contributed by atoms with E-state index in [2.05, 4.69) is 28.3 Å². The van der Waals surface area contributed by atoms with Gasteiger partial charge in [0.1, 0.15) is 0 Å². The van der Waals surface area contributed by atoms with Crippen molar-refractivity contribution >= 4 is 22.6 Å². The highest BCUT2D eigenvalue weighted by atomic mass is 16.2. The number of hydrogen-bond donors (Lipinski definition) is 2. The number of carbonyl (C=O) groups excluding carboxylic acids is 1. The van der Waals surface area contributed by atoms with Crippen molar-refractivity contribution in [3.05, 3.63) is 106 Å². The van der Waals surface area contributed by atoms with Gasteiger partial charge in [0.2, 0.25) is 0 Å². The normalized spacial score (nSPS) is 10.7. The van der Waals surface area contributed by atoms with Crippen LogP contribution in [0.25, 0.3) is 10.9 Å². The van der Waals surface area contributed by atoms with Crippen LogP contribution in [-0.4, -0.2) is 20.9 Å². The van der Waals surface area contributed by atoms with Gasteiger partial charge >= 0.3 is 6.03 Å². The number of nitrogens with zero attached hydrogens (tertiary/aromatic N) is 2. The monoisotopic (exact) mass is 412 g/mol. The Labute approximate surface area is 180 Å². The third-order valence-electron chi connectivity index (χ3n) is 5.16. The minimum absolute atomic E-state index is 0.176. The molecule has 31 heavy (non-hydrogen) atoms. The van der Waals surface area contributed by atoms with Crippen molar-refractivity contribution in [1.82, 2.24) is 14.9 Å². The first kappa shape index (κ1) is 20.3. The minimum Gasteiger partial charge on any atom is -0.322 e. The molecule has 0 radical (unpaired) electrons. The second-order valence-electron chi connectivity index (χ2n) is 7.41. The molecule has 6 heteroatoms. The molecule has 0 unspecified atom stereocenters.